The molecular weight excluding hydrogens is 498 g/mol. The fraction of sp³-hybridized carbons (Fsp3) is 0.410. The Balaban J connectivity index is 1.59. The van der Waals surface area contributed by atoms with Crippen molar-refractivity contribution in [2.45, 2.75) is 86.0 Å². The van der Waals surface area contributed by atoms with Crippen molar-refractivity contribution in [2.75, 3.05) is 0 Å². The van der Waals surface area contributed by atoms with Gasteiger partial charge in [0.2, 0.25) is 5.69 Å². The van der Waals surface area contributed by atoms with Gasteiger partial charge in [0.05, 0.1) is 10.9 Å². The van der Waals surface area contributed by atoms with Gasteiger partial charge in [-0.1, -0.05) is 83.9 Å². The molecule has 0 unspecified atom stereocenters. The molecule has 0 bridgehead atoms. The Morgan fingerprint density at radius 1 is 0.927 bits per heavy atom. The molecule has 2 nitrogen and oxygen atoms in total. The predicted molar refractivity (Wildman–Crippen MR) is 173 cm³/mol. The van der Waals surface area contributed by atoms with E-state index in [1.54, 1.807) is 0 Å². The largest absolute Gasteiger partial charge is 0.455 e. The van der Waals surface area contributed by atoms with Crippen LogP contribution in [0.2, 0.25) is 0 Å². The van der Waals surface area contributed by atoms with Crippen LogP contribution in [-0.2, 0) is 19.9 Å². The molecule has 2 aliphatic rings. The molecule has 0 saturated heterocycles. The zero-order chi connectivity index (χ0) is 28.6. The van der Waals surface area contributed by atoms with Crippen LogP contribution in [0.5, 0.6) is 11.5 Å². The van der Waals surface area contributed by atoms with Crippen molar-refractivity contribution in [2.24, 2.45) is 18.4 Å². The van der Waals surface area contributed by atoms with Crippen LogP contribution in [0.15, 0.2) is 54.7 Å². The zero-order valence-electron chi connectivity index (χ0n) is 25.9. The summed E-state index contributed by atoms with van der Waals surface area (Å²) in [6, 6.07) is 18.8. The third-order valence-corrected chi connectivity index (χ3v) is 9.54. The molecule has 1 aliphatic carbocycles. The lowest BCUT2D eigenvalue weighted by atomic mass is 9.80. The molecule has 1 fully saturated rings. The van der Waals surface area contributed by atoms with Gasteiger partial charge in [-0.05, 0) is 94.2 Å². The van der Waals surface area contributed by atoms with Crippen molar-refractivity contribution >= 4 is 32.3 Å². The fourth-order valence-corrected chi connectivity index (χ4v) is 7.85. The minimum absolute atomic E-state index is 0.129. The fourth-order valence-electron chi connectivity index (χ4n) is 7.85. The highest BCUT2D eigenvalue weighted by Gasteiger charge is 2.35. The lowest BCUT2D eigenvalue weighted by Crippen LogP contribution is -2.32. The predicted octanol–water partition coefficient (Wildman–Crippen LogP) is 10.5. The van der Waals surface area contributed by atoms with E-state index in [-0.39, 0.29) is 5.41 Å². The first-order chi connectivity index (χ1) is 19.6. The van der Waals surface area contributed by atoms with Crippen LogP contribution in [0.4, 0.5) is 0 Å². The molecule has 0 spiro atoms. The summed E-state index contributed by atoms with van der Waals surface area (Å²) in [4.78, 5) is 0. The number of pyridine rings is 1. The van der Waals surface area contributed by atoms with E-state index in [1.807, 2.05) is 0 Å². The number of benzene rings is 4. The molecule has 0 radical (unpaired) electrons. The first-order valence-electron chi connectivity index (χ1n) is 15.7. The molecule has 41 heavy (non-hydrogen) atoms. The van der Waals surface area contributed by atoms with Crippen LogP contribution >= 0.6 is 0 Å². The molecule has 5 aromatic rings. The van der Waals surface area contributed by atoms with E-state index in [9.17, 15) is 0 Å². The van der Waals surface area contributed by atoms with E-state index in [0.717, 1.165) is 24.3 Å². The van der Waals surface area contributed by atoms with Crippen LogP contribution in [-0.4, -0.2) is 0 Å². The van der Waals surface area contributed by atoms with Crippen LogP contribution < -0.4 is 9.30 Å². The van der Waals surface area contributed by atoms with Gasteiger partial charge in [0.25, 0.3) is 0 Å². The van der Waals surface area contributed by atoms with E-state index < -0.39 is 0 Å². The standard InChI is InChI=1S/C39H44NO/c1-23(2)19-25-15-16-29-31(20-25)24(3)34-37-36-30(17-18-40(37)7)35-27(13-10-14-28(35)26-11-8-9-12-26)21-33(36)41-38(34)32(29)22-39(4,5)6/h10,13-18,20-21,23,26H,8-9,11-12,19,22H2,1-7H3/q+1. The third-order valence-electron chi connectivity index (χ3n) is 9.54. The highest BCUT2D eigenvalue weighted by molar-refractivity contribution is 6.17. The first-order valence-corrected chi connectivity index (χ1v) is 15.7. The molecule has 0 amide bonds. The number of hydrogen-bond donors (Lipinski definition) is 0. The van der Waals surface area contributed by atoms with E-state index in [1.165, 1.54) is 91.5 Å². The van der Waals surface area contributed by atoms with Crippen molar-refractivity contribution < 1.29 is 9.30 Å². The molecule has 1 saturated carbocycles. The van der Waals surface area contributed by atoms with Crippen LogP contribution in [0.25, 0.3) is 43.6 Å². The maximum Gasteiger partial charge on any atom is 0.228 e. The highest BCUT2D eigenvalue weighted by atomic mass is 16.5. The van der Waals surface area contributed by atoms with Gasteiger partial charge in [-0.3, -0.25) is 0 Å². The average Bonchev–Trinajstić information content (AvgIpc) is 3.46. The van der Waals surface area contributed by atoms with Crippen molar-refractivity contribution in [3.8, 4) is 22.8 Å². The maximum absolute atomic E-state index is 7.13. The minimum atomic E-state index is 0.129. The molecule has 210 valence electrons. The van der Waals surface area contributed by atoms with Crippen LogP contribution in [0, 0.1) is 18.3 Å². The van der Waals surface area contributed by atoms with Crippen LogP contribution in [0.1, 0.15) is 88.5 Å². The van der Waals surface area contributed by atoms with Gasteiger partial charge in [0.1, 0.15) is 18.5 Å². The third kappa shape index (κ3) is 4.33. The number of aryl methyl sites for hydroxylation is 2. The number of aromatic nitrogens is 1. The summed E-state index contributed by atoms with van der Waals surface area (Å²) in [6.45, 7) is 14.0. The average molecular weight is 543 g/mol. The second-order valence-corrected chi connectivity index (χ2v) is 14.5. The first kappa shape index (κ1) is 26.5. The van der Waals surface area contributed by atoms with Gasteiger partial charge in [-0.25, -0.2) is 4.57 Å². The van der Waals surface area contributed by atoms with Gasteiger partial charge in [0, 0.05) is 17.0 Å². The summed E-state index contributed by atoms with van der Waals surface area (Å²) in [5.74, 6) is 3.34. The van der Waals surface area contributed by atoms with E-state index in [4.69, 9.17) is 4.74 Å². The number of fused-ring (bicyclic) bond motifs is 5. The lowest BCUT2D eigenvalue weighted by molar-refractivity contribution is -0.659. The van der Waals surface area contributed by atoms with Gasteiger partial charge < -0.3 is 4.74 Å². The smallest absolute Gasteiger partial charge is 0.228 e. The Hall–Kier alpha value is -3.39. The summed E-state index contributed by atoms with van der Waals surface area (Å²) in [7, 11) is 2.21. The van der Waals surface area contributed by atoms with Crippen LogP contribution in [0.3, 0.4) is 0 Å². The second-order valence-electron chi connectivity index (χ2n) is 14.5. The molecular formula is C39H44NO+. The Morgan fingerprint density at radius 3 is 2.44 bits per heavy atom. The monoisotopic (exact) mass is 542 g/mol. The Labute approximate surface area is 245 Å². The SMILES string of the molecule is Cc1c2c(c(CC(C)(C)C)c3ccc(CC(C)C)cc13)Oc1cc3cccc(C4CCCC4)c3c3cc[n+](C)c-2c13. The van der Waals surface area contributed by atoms with E-state index in [2.05, 4.69) is 108 Å². The molecule has 2 heterocycles. The molecule has 0 N–H and O–H groups in total. The van der Waals surface area contributed by atoms with Gasteiger partial charge >= 0.3 is 0 Å². The van der Waals surface area contributed by atoms with Gasteiger partial charge in [0.15, 0.2) is 6.20 Å². The molecule has 1 aliphatic heterocycles. The van der Waals surface area contributed by atoms with Crippen molar-refractivity contribution in [1.82, 2.24) is 0 Å². The van der Waals surface area contributed by atoms with E-state index in [0.29, 0.717) is 11.8 Å². The van der Waals surface area contributed by atoms with Gasteiger partial charge in [-0.15, -0.1) is 0 Å². The number of nitrogens with zero attached hydrogens (tertiary/aromatic N) is 1. The molecule has 2 heteroatoms. The summed E-state index contributed by atoms with van der Waals surface area (Å²) in [6.07, 6.45) is 9.63. The zero-order valence-corrected chi connectivity index (χ0v) is 25.9. The minimum Gasteiger partial charge on any atom is -0.455 e. The van der Waals surface area contributed by atoms with Crippen molar-refractivity contribution in [1.29, 1.82) is 0 Å². The molecule has 1 aromatic heterocycles. The Bertz CT molecular complexity index is 1850. The second kappa shape index (κ2) is 9.58. The normalized spacial score (nSPS) is 15.3. The maximum atomic E-state index is 7.13. The van der Waals surface area contributed by atoms with Crippen molar-refractivity contribution in [3.63, 3.8) is 0 Å². The summed E-state index contributed by atoms with van der Waals surface area (Å²) >= 11 is 0. The molecule has 4 aromatic carbocycles. The summed E-state index contributed by atoms with van der Waals surface area (Å²) < 4.78 is 9.47. The molecule has 7 rings (SSSR count). The number of hydrogen-bond acceptors (Lipinski definition) is 1. The number of ether oxygens (including phenoxy) is 1. The summed E-state index contributed by atoms with van der Waals surface area (Å²) in [5.41, 5.74) is 8.32. The topological polar surface area (TPSA) is 13.1 Å². The number of rotatable bonds is 4. The lowest BCUT2D eigenvalue weighted by Gasteiger charge is -2.29. The van der Waals surface area contributed by atoms with Gasteiger partial charge in [-0.2, -0.15) is 0 Å². The summed E-state index contributed by atoms with van der Waals surface area (Å²) in [5, 5.41) is 8.05. The Kier molecular flexibility index (Phi) is 6.19. The molecule has 0 atom stereocenters. The van der Waals surface area contributed by atoms with Crippen molar-refractivity contribution in [3.05, 3.63) is 77.0 Å². The highest BCUT2D eigenvalue weighted by Crippen LogP contribution is 2.53. The van der Waals surface area contributed by atoms with E-state index >= 15 is 0 Å². The Morgan fingerprint density at radius 2 is 1.71 bits per heavy atom. The quantitative estimate of drug-likeness (QED) is 0.159.